The van der Waals surface area contributed by atoms with Crippen molar-refractivity contribution in [2.45, 2.75) is 136 Å². The summed E-state index contributed by atoms with van der Waals surface area (Å²) in [6.07, 6.45) is 6.58. The summed E-state index contributed by atoms with van der Waals surface area (Å²) in [5.41, 5.74) is 1.22. The van der Waals surface area contributed by atoms with E-state index in [0.717, 1.165) is 50.5 Å². The first-order valence-corrected chi connectivity index (χ1v) is 17.2. The summed E-state index contributed by atoms with van der Waals surface area (Å²) in [5.74, 6) is 2.29. The molecule has 5 rings (SSSR count). The van der Waals surface area contributed by atoms with Gasteiger partial charge in [-0.25, -0.2) is 0 Å². The Labute approximate surface area is 263 Å². The average Bonchev–Trinajstić information content (AvgIpc) is 3.34. The monoisotopic (exact) mass is 619 g/mol. The fourth-order valence-electron chi connectivity index (χ4n) is 10.5. The molecule has 9 nitrogen and oxygen atoms in total. The van der Waals surface area contributed by atoms with Crippen molar-refractivity contribution in [2.24, 2.45) is 46.3 Å². The van der Waals surface area contributed by atoms with Gasteiger partial charge in [-0.05, 0) is 97.4 Å². The minimum atomic E-state index is -1.37. The number of aliphatic hydroxyl groups excluding tert-OH is 4. The van der Waals surface area contributed by atoms with Gasteiger partial charge in [0.1, 0.15) is 24.4 Å². The molecule has 250 valence electrons. The van der Waals surface area contributed by atoms with Crippen molar-refractivity contribution in [1.29, 1.82) is 0 Å². The molecule has 4 fully saturated rings. The van der Waals surface area contributed by atoms with E-state index < -0.39 is 37.3 Å². The van der Waals surface area contributed by atoms with Crippen molar-refractivity contribution in [3.63, 3.8) is 0 Å². The molecule has 5 aliphatic rings. The standard InChI is InChI=1S/C35H57NO8/c1-19(17-37)7-6-8-20(2)24-9-10-25-29-26(12-14-35(24,25)5)34(4)13-11-23(40)15-22(34)16-27(29)43-33-30(36-21(3)39)32(42)31(41)28(18-38)44-33/h15,19-20,24-33,37-38,41-42H,6-14,16-18H2,1-5H3,(H,36,39)/t19-,20-,24?,25?,26?,27-,28?,29+,30?,31-,32-,33-,34+,35-/m1/s1. The van der Waals surface area contributed by atoms with Crippen molar-refractivity contribution in [1.82, 2.24) is 5.32 Å². The number of fused-ring (bicyclic) bond motifs is 5. The number of hydrogen-bond acceptors (Lipinski definition) is 8. The van der Waals surface area contributed by atoms with Crippen LogP contribution in [-0.4, -0.2) is 82.1 Å². The van der Waals surface area contributed by atoms with Crippen LogP contribution in [-0.2, 0) is 19.1 Å². The van der Waals surface area contributed by atoms with E-state index in [0.29, 0.717) is 42.4 Å². The van der Waals surface area contributed by atoms with Gasteiger partial charge < -0.3 is 35.2 Å². The van der Waals surface area contributed by atoms with Crippen LogP contribution in [0.1, 0.15) is 98.8 Å². The predicted octanol–water partition coefficient (Wildman–Crippen LogP) is 3.51. The van der Waals surface area contributed by atoms with Crippen LogP contribution in [0, 0.1) is 46.3 Å². The van der Waals surface area contributed by atoms with Crippen molar-refractivity contribution in [3.8, 4) is 0 Å². The van der Waals surface area contributed by atoms with E-state index in [1.807, 2.05) is 6.08 Å². The quantitative estimate of drug-likeness (QED) is 0.250. The second-order valence-corrected chi connectivity index (χ2v) is 15.6. The summed E-state index contributed by atoms with van der Waals surface area (Å²) in [4.78, 5) is 24.8. The zero-order valence-corrected chi connectivity index (χ0v) is 27.4. The molecule has 0 spiro atoms. The van der Waals surface area contributed by atoms with E-state index in [1.165, 1.54) is 13.3 Å². The number of carbonyl (C=O) groups is 2. The minimum absolute atomic E-state index is 0.0717. The van der Waals surface area contributed by atoms with Crippen molar-refractivity contribution in [3.05, 3.63) is 11.6 Å². The van der Waals surface area contributed by atoms with E-state index in [1.54, 1.807) is 0 Å². The molecule has 1 amide bonds. The van der Waals surface area contributed by atoms with Gasteiger partial charge in [0, 0.05) is 20.0 Å². The highest BCUT2D eigenvalue weighted by atomic mass is 16.7. The topological polar surface area (TPSA) is 146 Å². The van der Waals surface area contributed by atoms with Gasteiger partial charge in [0.2, 0.25) is 5.91 Å². The molecule has 14 atom stereocenters. The van der Waals surface area contributed by atoms with E-state index in [-0.39, 0.29) is 41.1 Å². The molecular formula is C35H57NO8. The van der Waals surface area contributed by atoms with Crippen LogP contribution in [0.5, 0.6) is 0 Å². The molecule has 3 saturated carbocycles. The number of aliphatic hydroxyl groups is 4. The average molecular weight is 620 g/mol. The second kappa shape index (κ2) is 13.4. The van der Waals surface area contributed by atoms with E-state index >= 15 is 0 Å². The zero-order valence-electron chi connectivity index (χ0n) is 27.4. The van der Waals surface area contributed by atoms with Gasteiger partial charge in [-0.15, -0.1) is 0 Å². The minimum Gasteiger partial charge on any atom is -0.396 e. The van der Waals surface area contributed by atoms with Crippen LogP contribution >= 0.6 is 0 Å². The van der Waals surface area contributed by atoms with Gasteiger partial charge in [0.25, 0.3) is 0 Å². The molecule has 4 aliphatic carbocycles. The number of hydrogen-bond donors (Lipinski definition) is 5. The molecule has 9 heteroatoms. The van der Waals surface area contributed by atoms with Crippen LogP contribution in [0.4, 0.5) is 0 Å². The van der Waals surface area contributed by atoms with Gasteiger partial charge in [-0.2, -0.15) is 0 Å². The third kappa shape index (κ3) is 6.18. The molecule has 0 aromatic carbocycles. The SMILES string of the molecule is CC(=O)NC1[C@H](O[C@@H]2CC3=CC(=O)CC[C@]3(C)C3CC[C@@]4(C)C(CCC4[C@H](C)CCC[C@@H](C)CO)[C@@H]32)OC(CO)[C@@H](O)[C@@H]1O. The Morgan fingerprint density at radius 1 is 1.09 bits per heavy atom. The number of ether oxygens (including phenoxy) is 2. The molecule has 1 saturated heterocycles. The molecular weight excluding hydrogens is 562 g/mol. The molecule has 44 heavy (non-hydrogen) atoms. The molecule has 1 aliphatic heterocycles. The summed E-state index contributed by atoms with van der Waals surface area (Å²) in [6.45, 7) is 10.5. The maximum absolute atomic E-state index is 12.7. The van der Waals surface area contributed by atoms with Crippen molar-refractivity contribution < 1.29 is 39.5 Å². The van der Waals surface area contributed by atoms with Crippen molar-refractivity contribution >= 4 is 11.7 Å². The third-order valence-corrected chi connectivity index (χ3v) is 12.9. The summed E-state index contributed by atoms with van der Waals surface area (Å²) < 4.78 is 12.9. The highest BCUT2D eigenvalue weighted by Gasteiger charge is 2.63. The Hall–Kier alpha value is -1.36. The lowest BCUT2D eigenvalue weighted by atomic mass is 9.45. The highest BCUT2D eigenvalue weighted by Crippen LogP contribution is 2.68. The van der Waals surface area contributed by atoms with E-state index in [4.69, 9.17) is 9.47 Å². The number of ketones is 1. The van der Waals surface area contributed by atoms with Crippen LogP contribution in [0.3, 0.4) is 0 Å². The predicted molar refractivity (Wildman–Crippen MR) is 165 cm³/mol. The Kier molecular flexibility index (Phi) is 10.4. The third-order valence-electron chi connectivity index (χ3n) is 12.9. The van der Waals surface area contributed by atoms with Crippen LogP contribution in [0.25, 0.3) is 0 Å². The first kappa shape index (κ1) is 34.0. The second-order valence-electron chi connectivity index (χ2n) is 15.6. The fraction of sp³-hybridized carbons (Fsp3) is 0.886. The van der Waals surface area contributed by atoms with Crippen LogP contribution in [0.15, 0.2) is 11.6 Å². The fourth-order valence-corrected chi connectivity index (χ4v) is 10.5. The molecule has 1 heterocycles. The Morgan fingerprint density at radius 3 is 2.52 bits per heavy atom. The van der Waals surface area contributed by atoms with Gasteiger partial charge >= 0.3 is 0 Å². The number of amides is 1. The Balaban J connectivity index is 1.45. The lowest BCUT2D eigenvalue weighted by molar-refractivity contribution is -0.296. The summed E-state index contributed by atoms with van der Waals surface area (Å²) in [6, 6.07) is -0.994. The first-order chi connectivity index (χ1) is 20.8. The number of nitrogens with one attached hydrogen (secondary N) is 1. The molecule has 0 radical (unpaired) electrons. The van der Waals surface area contributed by atoms with Gasteiger partial charge in [-0.1, -0.05) is 46.1 Å². The van der Waals surface area contributed by atoms with Crippen LogP contribution in [0.2, 0.25) is 0 Å². The van der Waals surface area contributed by atoms with E-state index in [2.05, 4.69) is 33.0 Å². The lowest BCUT2D eigenvalue weighted by Crippen LogP contribution is -2.66. The first-order valence-electron chi connectivity index (χ1n) is 17.2. The van der Waals surface area contributed by atoms with Gasteiger partial charge in [0.05, 0.1) is 12.7 Å². The Morgan fingerprint density at radius 2 is 1.84 bits per heavy atom. The number of rotatable bonds is 10. The maximum atomic E-state index is 12.7. The molecule has 5 N–H and O–H groups in total. The summed E-state index contributed by atoms with van der Waals surface area (Å²) in [5, 5.41) is 43.7. The summed E-state index contributed by atoms with van der Waals surface area (Å²) in [7, 11) is 0. The van der Waals surface area contributed by atoms with E-state index in [9.17, 15) is 30.0 Å². The number of carbonyl (C=O) groups excluding carboxylic acids is 2. The highest BCUT2D eigenvalue weighted by molar-refractivity contribution is 5.91. The largest absolute Gasteiger partial charge is 0.396 e. The smallest absolute Gasteiger partial charge is 0.217 e. The summed E-state index contributed by atoms with van der Waals surface area (Å²) >= 11 is 0. The Bertz CT molecular complexity index is 1080. The maximum Gasteiger partial charge on any atom is 0.217 e. The van der Waals surface area contributed by atoms with Crippen LogP contribution < -0.4 is 5.32 Å². The lowest BCUT2D eigenvalue weighted by Gasteiger charge is -2.61. The molecule has 0 aromatic rings. The van der Waals surface area contributed by atoms with Gasteiger partial charge in [-0.3, -0.25) is 9.59 Å². The molecule has 0 bridgehead atoms. The zero-order chi connectivity index (χ0) is 32.0. The van der Waals surface area contributed by atoms with Crippen molar-refractivity contribution in [2.75, 3.05) is 13.2 Å². The normalized spacial score (nSPS) is 45.0. The molecule has 0 aromatic heterocycles. The van der Waals surface area contributed by atoms with Gasteiger partial charge in [0.15, 0.2) is 12.1 Å². The molecule has 5 unspecified atom stereocenters.